The first-order valence-corrected chi connectivity index (χ1v) is 9.48. The summed E-state index contributed by atoms with van der Waals surface area (Å²) in [4.78, 5) is 29.7. The third kappa shape index (κ3) is 3.81. The lowest BCUT2D eigenvalue weighted by Crippen LogP contribution is -2.15. The summed E-state index contributed by atoms with van der Waals surface area (Å²) in [5.74, 6) is -0.961. The van der Waals surface area contributed by atoms with Gasteiger partial charge in [-0.15, -0.1) is 0 Å². The molecule has 7 nitrogen and oxygen atoms in total. The molecule has 0 fully saturated rings. The van der Waals surface area contributed by atoms with Gasteiger partial charge in [-0.3, -0.25) is 9.20 Å². The van der Waals surface area contributed by atoms with Gasteiger partial charge in [0.05, 0.1) is 28.6 Å². The number of aromatic nitrogens is 2. The number of alkyl halides is 2. The van der Waals surface area contributed by atoms with Crippen LogP contribution in [0.1, 0.15) is 16.1 Å². The first-order chi connectivity index (χ1) is 14.5. The highest BCUT2D eigenvalue weighted by atomic mass is 32.1. The number of rotatable bonds is 6. The molecule has 0 N–H and O–H groups in total. The van der Waals surface area contributed by atoms with Crippen molar-refractivity contribution >= 4 is 32.5 Å². The zero-order chi connectivity index (χ0) is 21.3. The van der Waals surface area contributed by atoms with Crippen molar-refractivity contribution in [3.05, 3.63) is 70.1 Å². The van der Waals surface area contributed by atoms with Crippen molar-refractivity contribution in [2.24, 2.45) is 0 Å². The number of halogens is 2. The Morgan fingerprint density at radius 3 is 2.73 bits per heavy atom. The van der Waals surface area contributed by atoms with Gasteiger partial charge in [-0.25, -0.2) is 9.78 Å². The Labute approximate surface area is 172 Å². The third-order valence-corrected chi connectivity index (χ3v) is 5.24. The molecule has 0 unspecified atom stereocenters. The third-order valence-electron chi connectivity index (χ3n) is 4.21. The normalized spacial score (nSPS) is 11.2. The maximum absolute atomic E-state index is 12.5. The summed E-state index contributed by atoms with van der Waals surface area (Å²) in [5, 5.41) is 0. The van der Waals surface area contributed by atoms with E-state index in [1.54, 1.807) is 0 Å². The lowest BCUT2D eigenvalue weighted by molar-refractivity contribution is -0.0512. The highest BCUT2D eigenvalue weighted by Gasteiger charge is 2.16. The number of para-hydroxylation sites is 1. The molecule has 0 saturated carbocycles. The molecular weight excluding hydrogens is 418 g/mol. The van der Waals surface area contributed by atoms with Crippen LogP contribution in [-0.4, -0.2) is 29.1 Å². The van der Waals surface area contributed by atoms with E-state index in [1.807, 2.05) is 24.3 Å². The molecular formula is C20H14F2N2O5S. The molecule has 4 rings (SSSR count). The minimum absolute atomic E-state index is 0.0344. The molecule has 154 valence electrons. The van der Waals surface area contributed by atoms with E-state index in [4.69, 9.17) is 9.47 Å². The average molecular weight is 432 g/mol. The molecule has 2 aromatic heterocycles. The van der Waals surface area contributed by atoms with Crippen molar-refractivity contribution < 1.29 is 27.8 Å². The van der Waals surface area contributed by atoms with Crippen LogP contribution < -0.4 is 15.0 Å². The van der Waals surface area contributed by atoms with Crippen LogP contribution in [-0.2, 0) is 11.3 Å². The SMILES string of the molecule is COc1cc(C(=O)OCc2cc(=O)n3c(n2)sc2ccccc23)ccc1OC(F)F. The quantitative estimate of drug-likeness (QED) is 0.431. The van der Waals surface area contributed by atoms with Crippen molar-refractivity contribution in [3.63, 3.8) is 0 Å². The maximum atomic E-state index is 12.5. The van der Waals surface area contributed by atoms with Crippen LogP contribution in [0.2, 0.25) is 0 Å². The average Bonchev–Trinajstić information content (AvgIpc) is 3.10. The zero-order valence-corrected chi connectivity index (χ0v) is 16.3. The molecule has 2 aromatic carbocycles. The van der Waals surface area contributed by atoms with E-state index in [1.165, 1.54) is 47.1 Å². The number of ether oxygens (including phenoxy) is 3. The molecule has 10 heteroatoms. The van der Waals surface area contributed by atoms with Gasteiger partial charge >= 0.3 is 12.6 Å². The molecule has 0 amide bonds. The standard InChI is InChI=1S/C20H14F2N2O5S/c1-27-15-8-11(6-7-14(15)29-19(21)22)18(26)28-10-12-9-17(25)24-13-4-2-3-5-16(13)30-20(24)23-12/h2-9,19H,10H2,1H3. The second kappa shape index (κ2) is 8.07. The van der Waals surface area contributed by atoms with Crippen LogP contribution in [0.5, 0.6) is 11.5 Å². The lowest BCUT2D eigenvalue weighted by Gasteiger charge is -2.11. The van der Waals surface area contributed by atoms with Crippen molar-refractivity contribution in [2.75, 3.05) is 7.11 Å². The summed E-state index contributed by atoms with van der Waals surface area (Å²) in [6, 6.07) is 12.4. The summed E-state index contributed by atoms with van der Waals surface area (Å²) in [5.41, 5.74) is 0.855. The van der Waals surface area contributed by atoms with Crippen molar-refractivity contribution in [1.29, 1.82) is 0 Å². The van der Waals surface area contributed by atoms with Gasteiger partial charge in [-0.05, 0) is 30.3 Å². The highest BCUT2D eigenvalue weighted by molar-refractivity contribution is 7.23. The van der Waals surface area contributed by atoms with E-state index in [-0.39, 0.29) is 29.2 Å². The predicted molar refractivity (Wildman–Crippen MR) is 106 cm³/mol. The smallest absolute Gasteiger partial charge is 0.387 e. The Kier molecular flexibility index (Phi) is 5.32. The first-order valence-electron chi connectivity index (χ1n) is 8.66. The molecule has 2 heterocycles. The van der Waals surface area contributed by atoms with Crippen LogP contribution >= 0.6 is 11.3 Å². The summed E-state index contributed by atoms with van der Waals surface area (Å²) < 4.78 is 41.8. The molecule has 0 aliphatic heterocycles. The Balaban J connectivity index is 1.54. The Morgan fingerprint density at radius 1 is 1.17 bits per heavy atom. The fourth-order valence-corrected chi connectivity index (χ4v) is 3.96. The van der Waals surface area contributed by atoms with Crippen molar-refractivity contribution in [1.82, 2.24) is 9.38 Å². The zero-order valence-electron chi connectivity index (χ0n) is 15.5. The summed E-state index contributed by atoms with van der Waals surface area (Å²) in [7, 11) is 1.26. The lowest BCUT2D eigenvalue weighted by atomic mass is 10.2. The number of benzene rings is 2. The summed E-state index contributed by atoms with van der Waals surface area (Å²) in [6.45, 7) is -3.25. The van der Waals surface area contributed by atoms with E-state index in [2.05, 4.69) is 9.72 Å². The number of hydrogen-bond acceptors (Lipinski definition) is 7. The molecule has 0 bridgehead atoms. The molecule has 30 heavy (non-hydrogen) atoms. The Morgan fingerprint density at radius 2 is 1.97 bits per heavy atom. The molecule has 0 atom stereocenters. The van der Waals surface area contributed by atoms with E-state index in [0.29, 0.717) is 10.7 Å². The summed E-state index contributed by atoms with van der Waals surface area (Å²) in [6.07, 6.45) is 0. The minimum atomic E-state index is -3.02. The second-order valence-electron chi connectivity index (χ2n) is 6.09. The van der Waals surface area contributed by atoms with Crippen molar-refractivity contribution in [3.8, 4) is 11.5 Å². The number of fused-ring (bicyclic) bond motifs is 3. The molecule has 0 spiro atoms. The van der Waals surface area contributed by atoms with Gasteiger partial charge in [0, 0.05) is 6.07 Å². The van der Waals surface area contributed by atoms with Crippen LogP contribution in [0.25, 0.3) is 15.2 Å². The van der Waals surface area contributed by atoms with E-state index >= 15 is 0 Å². The van der Waals surface area contributed by atoms with Crippen molar-refractivity contribution in [2.45, 2.75) is 13.2 Å². The fourth-order valence-electron chi connectivity index (χ4n) is 2.91. The molecule has 0 aliphatic carbocycles. The number of carbonyl (C=O) groups excluding carboxylic acids is 1. The number of thiazole rings is 1. The van der Waals surface area contributed by atoms with E-state index in [0.717, 1.165) is 10.2 Å². The number of esters is 1. The molecule has 0 saturated heterocycles. The van der Waals surface area contributed by atoms with E-state index in [9.17, 15) is 18.4 Å². The van der Waals surface area contributed by atoms with Gasteiger partial charge in [-0.2, -0.15) is 8.78 Å². The monoisotopic (exact) mass is 432 g/mol. The Bertz CT molecular complexity index is 1300. The second-order valence-corrected chi connectivity index (χ2v) is 7.10. The summed E-state index contributed by atoms with van der Waals surface area (Å²) >= 11 is 1.35. The van der Waals surface area contributed by atoms with Gasteiger partial charge in [0.2, 0.25) is 0 Å². The minimum Gasteiger partial charge on any atom is -0.493 e. The topological polar surface area (TPSA) is 79.1 Å². The van der Waals surface area contributed by atoms with Gasteiger partial charge in [-0.1, -0.05) is 23.5 Å². The number of nitrogens with zero attached hydrogens (tertiary/aromatic N) is 2. The maximum Gasteiger partial charge on any atom is 0.387 e. The molecule has 0 aliphatic rings. The van der Waals surface area contributed by atoms with Gasteiger partial charge in [0.25, 0.3) is 5.56 Å². The Hall–Kier alpha value is -3.53. The molecule has 4 aromatic rings. The first kappa shape index (κ1) is 19.8. The van der Waals surface area contributed by atoms with Crippen LogP contribution in [0.15, 0.2) is 53.3 Å². The van der Waals surface area contributed by atoms with Gasteiger partial charge in [0.15, 0.2) is 16.5 Å². The molecule has 0 radical (unpaired) electrons. The van der Waals surface area contributed by atoms with Crippen LogP contribution in [0.3, 0.4) is 0 Å². The van der Waals surface area contributed by atoms with Crippen LogP contribution in [0.4, 0.5) is 8.78 Å². The van der Waals surface area contributed by atoms with E-state index < -0.39 is 12.6 Å². The largest absolute Gasteiger partial charge is 0.493 e. The van der Waals surface area contributed by atoms with Gasteiger partial charge < -0.3 is 14.2 Å². The predicted octanol–water partition coefficient (Wildman–Crippen LogP) is 3.88. The fraction of sp³-hybridized carbons (Fsp3) is 0.150. The number of hydrogen-bond donors (Lipinski definition) is 0. The van der Waals surface area contributed by atoms with Crippen LogP contribution in [0, 0.1) is 0 Å². The number of methoxy groups -OCH3 is 1. The number of carbonyl (C=O) groups is 1. The highest BCUT2D eigenvalue weighted by Crippen LogP contribution is 2.30. The van der Waals surface area contributed by atoms with Gasteiger partial charge in [0.1, 0.15) is 6.61 Å².